The zero-order chi connectivity index (χ0) is 14.3. The molecule has 0 unspecified atom stereocenters. The lowest BCUT2D eigenvalue weighted by molar-refractivity contribution is -0.121. The van der Waals surface area contributed by atoms with Gasteiger partial charge in [-0.05, 0) is 19.4 Å². The van der Waals surface area contributed by atoms with Crippen molar-refractivity contribution in [2.24, 2.45) is 0 Å². The van der Waals surface area contributed by atoms with Crippen LogP contribution >= 0.6 is 0 Å². The summed E-state index contributed by atoms with van der Waals surface area (Å²) in [7, 11) is 0. The van der Waals surface area contributed by atoms with Crippen molar-refractivity contribution >= 4 is 5.91 Å². The SMILES string of the molecule is CC(C)NC(=O)CCNCC(C)(C)c1ccccc1. The van der Waals surface area contributed by atoms with Gasteiger partial charge in [-0.1, -0.05) is 44.2 Å². The minimum absolute atomic E-state index is 0.0792. The van der Waals surface area contributed by atoms with Gasteiger partial charge in [-0.15, -0.1) is 0 Å². The van der Waals surface area contributed by atoms with Crippen LogP contribution in [0.2, 0.25) is 0 Å². The van der Waals surface area contributed by atoms with Crippen molar-refractivity contribution in [1.82, 2.24) is 10.6 Å². The van der Waals surface area contributed by atoms with E-state index < -0.39 is 0 Å². The van der Waals surface area contributed by atoms with Crippen LogP contribution in [-0.4, -0.2) is 25.0 Å². The molecule has 0 fully saturated rings. The average Bonchev–Trinajstić information content (AvgIpc) is 2.35. The Morgan fingerprint density at radius 2 is 1.84 bits per heavy atom. The highest BCUT2D eigenvalue weighted by Crippen LogP contribution is 2.21. The second-order valence-corrected chi connectivity index (χ2v) is 5.90. The van der Waals surface area contributed by atoms with Crippen LogP contribution in [0.15, 0.2) is 30.3 Å². The van der Waals surface area contributed by atoms with Gasteiger partial charge in [0.25, 0.3) is 0 Å². The summed E-state index contributed by atoms with van der Waals surface area (Å²) in [5.41, 5.74) is 1.39. The third-order valence-corrected chi connectivity index (χ3v) is 3.10. The van der Waals surface area contributed by atoms with Crippen LogP contribution in [0.5, 0.6) is 0 Å². The molecular weight excluding hydrogens is 236 g/mol. The third-order valence-electron chi connectivity index (χ3n) is 3.10. The van der Waals surface area contributed by atoms with E-state index in [1.165, 1.54) is 5.56 Å². The topological polar surface area (TPSA) is 41.1 Å². The summed E-state index contributed by atoms with van der Waals surface area (Å²) in [6.07, 6.45) is 0.531. The minimum atomic E-state index is 0.0792. The molecule has 0 aliphatic rings. The molecule has 3 heteroatoms. The lowest BCUT2D eigenvalue weighted by Gasteiger charge is -2.25. The zero-order valence-corrected chi connectivity index (χ0v) is 12.5. The molecule has 2 N–H and O–H groups in total. The average molecular weight is 262 g/mol. The number of carbonyl (C=O) groups excluding carboxylic acids is 1. The summed E-state index contributed by atoms with van der Waals surface area (Å²) in [5.74, 6) is 0.111. The normalized spacial score (nSPS) is 11.6. The second kappa shape index (κ2) is 7.29. The van der Waals surface area contributed by atoms with Crippen LogP contribution in [0.1, 0.15) is 39.7 Å². The summed E-state index contributed by atoms with van der Waals surface area (Å²) in [4.78, 5) is 11.5. The molecule has 0 bridgehead atoms. The zero-order valence-electron chi connectivity index (χ0n) is 12.5. The smallest absolute Gasteiger partial charge is 0.221 e. The van der Waals surface area contributed by atoms with E-state index in [1.54, 1.807) is 0 Å². The Labute approximate surface area is 116 Å². The van der Waals surface area contributed by atoms with Gasteiger partial charge in [0.15, 0.2) is 0 Å². The van der Waals surface area contributed by atoms with E-state index in [0.29, 0.717) is 6.42 Å². The summed E-state index contributed by atoms with van der Waals surface area (Å²) < 4.78 is 0. The molecule has 0 aliphatic heterocycles. The van der Waals surface area contributed by atoms with Gasteiger partial charge in [0.05, 0.1) is 0 Å². The predicted molar refractivity (Wildman–Crippen MR) is 80.2 cm³/mol. The van der Waals surface area contributed by atoms with Crippen LogP contribution in [0.4, 0.5) is 0 Å². The van der Waals surface area contributed by atoms with Gasteiger partial charge in [0.1, 0.15) is 0 Å². The first-order valence-corrected chi connectivity index (χ1v) is 6.97. The summed E-state index contributed by atoms with van der Waals surface area (Å²) in [6.45, 7) is 9.96. The highest BCUT2D eigenvalue weighted by Gasteiger charge is 2.19. The predicted octanol–water partition coefficient (Wildman–Crippen LogP) is 2.47. The fraction of sp³-hybridized carbons (Fsp3) is 0.562. The first kappa shape index (κ1) is 15.7. The van der Waals surface area contributed by atoms with Gasteiger partial charge in [0.2, 0.25) is 5.91 Å². The molecule has 1 amide bonds. The van der Waals surface area contributed by atoms with E-state index >= 15 is 0 Å². The molecule has 1 aromatic rings. The summed E-state index contributed by atoms with van der Waals surface area (Å²) in [5, 5.41) is 6.26. The number of hydrogen-bond acceptors (Lipinski definition) is 2. The van der Waals surface area contributed by atoms with Crippen LogP contribution in [-0.2, 0) is 10.2 Å². The lowest BCUT2D eigenvalue weighted by atomic mass is 9.84. The van der Waals surface area contributed by atoms with Crippen molar-refractivity contribution in [3.05, 3.63) is 35.9 Å². The largest absolute Gasteiger partial charge is 0.354 e. The molecule has 0 spiro atoms. The van der Waals surface area contributed by atoms with E-state index in [-0.39, 0.29) is 17.4 Å². The number of amides is 1. The standard InChI is InChI=1S/C16H26N2O/c1-13(2)18-15(19)10-11-17-12-16(3,4)14-8-6-5-7-9-14/h5-9,13,17H,10-12H2,1-4H3,(H,18,19). The number of carbonyl (C=O) groups is 1. The first-order chi connectivity index (χ1) is 8.92. The minimum Gasteiger partial charge on any atom is -0.354 e. The van der Waals surface area contributed by atoms with Gasteiger partial charge >= 0.3 is 0 Å². The first-order valence-electron chi connectivity index (χ1n) is 6.97. The van der Waals surface area contributed by atoms with Crippen molar-refractivity contribution in [3.8, 4) is 0 Å². The third kappa shape index (κ3) is 5.88. The molecule has 19 heavy (non-hydrogen) atoms. The molecular formula is C16H26N2O. The van der Waals surface area contributed by atoms with Crippen LogP contribution in [0.3, 0.4) is 0 Å². The van der Waals surface area contributed by atoms with Crippen LogP contribution in [0.25, 0.3) is 0 Å². The monoisotopic (exact) mass is 262 g/mol. The molecule has 0 aliphatic carbocycles. The Morgan fingerprint density at radius 1 is 1.21 bits per heavy atom. The highest BCUT2D eigenvalue weighted by molar-refractivity contribution is 5.76. The molecule has 106 valence electrons. The second-order valence-electron chi connectivity index (χ2n) is 5.90. The van der Waals surface area contributed by atoms with E-state index in [0.717, 1.165) is 13.1 Å². The molecule has 0 heterocycles. The molecule has 3 nitrogen and oxygen atoms in total. The molecule has 0 radical (unpaired) electrons. The Balaban J connectivity index is 2.31. The van der Waals surface area contributed by atoms with Gasteiger partial charge in [-0.3, -0.25) is 4.79 Å². The van der Waals surface area contributed by atoms with Gasteiger partial charge in [-0.2, -0.15) is 0 Å². The molecule has 1 aromatic carbocycles. The van der Waals surface area contributed by atoms with Crippen molar-refractivity contribution in [1.29, 1.82) is 0 Å². The molecule has 0 aromatic heterocycles. The Hall–Kier alpha value is -1.35. The fourth-order valence-corrected chi connectivity index (χ4v) is 1.99. The summed E-state index contributed by atoms with van der Waals surface area (Å²) in [6, 6.07) is 10.7. The maximum Gasteiger partial charge on any atom is 0.221 e. The molecule has 0 atom stereocenters. The maximum absolute atomic E-state index is 11.5. The van der Waals surface area contributed by atoms with Crippen molar-refractivity contribution in [2.75, 3.05) is 13.1 Å². The molecule has 1 rings (SSSR count). The van der Waals surface area contributed by atoms with Gasteiger partial charge in [0, 0.05) is 31.0 Å². The molecule has 0 saturated carbocycles. The lowest BCUT2D eigenvalue weighted by Crippen LogP contribution is -2.36. The van der Waals surface area contributed by atoms with Gasteiger partial charge < -0.3 is 10.6 Å². The van der Waals surface area contributed by atoms with Crippen molar-refractivity contribution in [3.63, 3.8) is 0 Å². The summed E-state index contributed by atoms with van der Waals surface area (Å²) >= 11 is 0. The quantitative estimate of drug-likeness (QED) is 0.741. The van der Waals surface area contributed by atoms with Crippen LogP contribution < -0.4 is 10.6 Å². The number of rotatable bonds is 7. The Bertz CT molecular complexity index is 385. The molecule has 0 saturated heterocycles. The van der Waals surface area contributed by atoms with Crippen LogP contribution in [0, 0.1) is 0 Å². The number of hydrogen-bond donors (Lipinski definition) is 2. The van der Waals surface area contributed by atoms with Crippen molar-refractivity contribution < 1.29 is 4.79 Å². The maximum atomic E-state index is 11.5. The highest BCUT2D eigenvalue weighted by atomic mass is 16.1. The van der Waals surface area contributed by atoms with E-state index in [4.69, 9.17) is 0 Å². The Kier molecular flexibility index (Phi) is 6.03. The fourth-order valence-electron chi connectivity index (χ4n) is 1.99. The van der Waals surface area contributed by atoms with Crippen molar-refractivity contribution in [2.45, 2.75) is 45.6 Å². The van der Waals surface area contributed by atoms with E-state index in [2.05, 4.69) is 48.7 Å². The number of nitrogens with one attached hydrogen (secondary N) is 2. The number of benzene rings is 1. The van der Waals surface area contributed by atoms with E-state index in [1.807, 2.05) is 19.9 Å². The van der Waals surface area contributed by atoms with E-state index in [9.17, 15) is 4.79 Å². The van der Waals surface area contributed by atoms with Gasteiger partial charge in [-0.25, -0.2) is 0 Å². The Morgan fingerprint density at radius 3 is 2.42 bits per heavy atom.